The topological polar surface area (TPSA) is 58.5 Å². The first-order valence-corrected chi connectivity index (χ1v) is 8.95. The Balaban J connectivity index is 1.66. The molecular formula is C20H19ClF2N4O. The molecule has 0 aliphatic carbocycles. The van der Waals surface area contributed by atoms with Gasteiger partial charge in [0.2, 0.25) is 0 Å². The van der Waals surface area contributed by atoms with Gasteiger partial charge in [-0.3, -0.25) is 9.98 Å². The summed E-state index contributed by atoms with van der Waals surface area (Å²) in [5, 5.41) is 7.78. The van der Waals surface area contributed by atoms with E-state index >= 15 is 0 Å². The number of fused-ring (bicyclic) bond motifs is 1. The van der Waals surface area contributed by atoms with Crippen molar-refractivity contribution in [3.63, 3.8) is 0 Å². The highest BCUT2D eigenvalue weighted by molar-refractivity contribution is 6.30. The minimum atomic E-state index is -2.91. The average Bonchev–Trinajstić information content (AvgIpc) is 2.69. The number of ether oxygens (including phenoxy) is 1. The van der Waals surface area contributed by atoms with Crippen molar-refractivity contribution in [2.45, 2.75) is 19.7 Å². The lowest BCUT2D eigenvalue weighted by Crippen LogP contribution is -2.36. The minimum absolute atomic E-state index is 0.0717. The largest absolute Gasteiger partial charge is 0.434 e. The van der Waals surface area contributed by atoms with E-state index in [4.69, 9.17) is 11.6 Å². The van der Waals surface area contributed by atoms with Crippen LogP contribution in [0.1, 0.15) is 11.1 Å². The maximum absolute atomic E-state index is 12.6. The van der Waals surface area contributed by atoms with Crippen LogP contribution in [0.2, 0.25) is 5.02 Å². The van der Waals surface area contributed by atoms with E-state index in [2.05, 4.69) is 25.3 Å². The van der Waals surface area contributed by atoms with Gasteiger partial charge >= 0.3 is 6.61 Å². The number of nitrogens with zero attached hydrogens (tertiary/aromatic N) is 2. The van der Waals surface area contributed by atoms with Gasteiger partial charge in [0.25, 0.3) is 0 Å². The van der Waals surface area contributed by atoms with Crippen LogP contribution in [0.15, 0.2) is 59.7 Å². The molecule has 0 amide bonds. The molecule has 2 aromatic carbocycles. The number of rotatable bonds is 6. The van der Waals surface area contributed by atoms with Gasteiger partial charge in [-0.15, -0.1) is 0 Å². The lowest BCUT2D eigenvalue weighted by molar-refractivity contribution is -0.0504. The molecule has 1 heterocycles. The Hall–Kier alpha value is -2.93. The van der Waals surface area contributed by atoms with E-state index < -0.39 is 6.61 Å². The van der Waals surface area contributed by atoms with E-state index in [1.807, 2.05) is 30.3 Å². The number of aliphatic imine (C=N–C) groups is 1. The van der Waals surface area contributed by atoms with Crippen LogP contribution in [0.25, 0.3) is 10.9 Å². The maximum atomic E-state index is 12.6. The zero-order chi connectivity index (χ0) is 19.9. The van der Waals surface area contributed by atoms with Crippen molar-refractivity contribution in [2.75, 3.05) is 7.05 Å². The Morgan fingerprint density at radius 2 is 1.86 bits per heavy atom. The van der Waals surface area contributed by atoms with Crippen LogP contribution in [0, 0.1) is 0 Å². The number of nitrogens with one attached hydrogen (secondary N) is 2. The molecule has 8 heteroatoms. The van der Waals surface area contributed by atoms with E-state index in [9.17, 15) is 8.78 Å². The average molecular weight is 405 g/mol. The molecule has 0 saturated carbocycles. The normalized spacial score (nSPS) is 11.7. The molecule has 146 valence electrons. The Labute approximate surface area is 166 Å². The van der Waals surface area contributed by atoms with Gasteiger partial charge in [0.1, 0.15) is 5.75 Å². The van der Waals surface area contributed by atoms with E-state index in [1.54, 1.807) is 19.3 Å². The fourth-order valence-electron chi connectivity index (χ4n) is 2.78. The predicted molar refractivity (Wildman–Crippen MR) is 107 cm³/mol. The molecule has 2 N–H and O–H groups in total. The summed E-state index contributed by atoms with van der Waals surface area (Å²) in [5.41, 5.74) is 2.49. The van der Waals surface area contributed by atoms with Crippen LogP contribution in [0.5, 0.6) is 5.75 Å². The van der Waals surface area contributed by atoms with E-state index in [-0.39, 0.29) is 12.3 Å². The summed E-state index contributed by atoms with van der Waals surface area (Å²) in [4.78, 5) is 8.51. The number of benzene rings is 2. The van der Waals surface area contributed by atoms with Crippen LogP contribution in [-0.4, -0.2) is 24.6 Å². The minimum Gasteiger partial charge on any atom is -0.434 e. The molecule has 5 nitrogen and oxygen atoms in total. The summed E-state index contributed by atoms with van der Waals surface area (Å²) in [5.74, 6) is 0.589. The molecule has 0 unspecified atom stereocenters. The number of halogens is 3. The fourth-order valence-corrected chi connectivity index (χ4v) is 2.98. The van der Waals surface area contributed by atoms with E-state index in [0.29, 0.717) is 23.1 Å². The van der Waals surface area contributed by atoms with Crippen molar-refractivity contribution in [1.82, 2.24) is 15.6 Å². The number of guanidine groups is 1. The second-order valence-corrected chi connectivity index (χ2v) is 6.33. The summed E-state index contributed by atoms with van der Waals surface area (Å²) in [6.45, 7) is -2.16. The van der Waals surface area contributed by atoms with Crippen molar-refractivity contribution in [3.05, 3.63) is 70.9 Å². The van der Waals surface area contributed by atoms with Gasteiger partial charge in [0.15, 0.2) is 5.96 Å². The van der Waals surface area contributed by atoms with Gasteiger partial charge in [-0.05, 0) is 35.9 Å². The molecule has 0 radical (unpaired) electrons. The Kier molecular flexibility index (Phi) is 6.60. The van der Waals surface area contributed by atoms with E-state index in [1.165, 1.54) is 12.1 Å². The second kappa shape index (κ2) is 9.32. The zero-order valence-corrected chi connectivity index (χ0v) is 15.9. The second-order valence-electron chi connectivity index (χ2n) is 5.90. The Morgan fingerprint density at radius 3 is 2.61 bits per heavy atom. The van der Waals surface area contributed by atoms with Gasteiger partial charge in [-0.1, -0.05) is 29.8 Å². The molecular weight excluding hydrogens is 386 g/mol. The van der Waals surface area contributed by atoms with Crippen molar-refractivity contribution in [2.24, 2.45) is 4.99 Å². The standard InChI is InChI=1S/C20H19ClF2N4O/c1-24-20(26-11-13-8-9-25-17-5-3-2-4-16(13)17)27-12-14-10-15(21)6-7-18(14)28-19(22)23/h2-10,19H,11-12H2,1H3,(H2,24,26,27). The van der Waals surface area contributed by atoms with Crippen molar-refractivity contribution < 1.29 is 13.5 Å². The third-order valence-electron chi connectivity index (χ3n) is 4.09. The van der Waals surface area contributed by atoms with Crippen LogP contribution >= 0.6 is 11.6 Å². The van der Waals surface area contributed by atoms with Crippen molar-refractivity contribution >= 4 is 28.5 Å². The summed E-state index contributed by atoms with van der Waals surface area (Å²) >= 11 is 5.98. The quantitative estimate of drug-likeness (QED) is 0.473. The Morgan fingerprint density at radius 1 is 1.11 bits per heavy atom. The highest BCUT2D eigenvalue weighted by atomic mass is 35.5. The summed E-state index contributed by atoms with van der Waals surface area (Å²) < 4.78 is 29.7. The predicted octanol–water partition coefficient (Wildman–Crippen LogP) is 4.35. The first kappa shape index (κ1) is 19.8. The first-order valence-electron chi connectivity index (χ1n) is 8.57. The highest BCUT2D eigenvalue weighted by Gasteiger charge is 2.11. The molecule has 0 saturated heterocycles. The highest BCUT2D eigenvalue weighted by Crippen LogP contribution is 2.24. The summed E-state index contributed by atoms with van der Waals surface area (Å²) in [7, 11) is 1.63. The molecule has 1 aromatic heterocycles. The number of para-hydroxylation sites is 1. The summed E-state index contributed by atoms with van der Waals surface area (Å²) in [6, 6.07) is 14.3. The molecule has 3 aromatic rings. The molecule has 0 atom stereocenters. The van der Waals surface area contributed by atoms with Gasteiger partial charge in [-0.25, -0.2) is 0 Å². The molecule has 0 aliphatic heterocycles. The number of aromatic nitrogens is 1. The van der Waals surface area contributed by atoms with Crippen LogP contribution in [0.4, 0.5) is 8.78 Å². The van der Waals surface area contributed by atoms with Gasteiger partial charge in [0.05, 0.1) is 5.52 Å². The lowest BCUT2D eigenvalue weighted by Gasteiger charge is -2.15. The molecule has 0 bridgehead atoms. The summed E-state index contributed by atoms with van der Waals surface area (Å²) in [6.07, 6.45) is 1.76. The fraction of sp³-hybridized carbons (Fsp3) is 0.200. The van der Waals surface area contributed by atoms with Crippen molar-refractivity contribution in [3.8, 4) is 5.75 Å². The third kappa shape index (κ3) is 5.07. The van der Waals surface area contributed by atoms with Crippen LogP contribution < -0.4 is 15.4 Å². The molecule has 0 aliphatic rings. The van der Waals surface area contributed by atoms with Gasteiger partial charge in [-0.2, -0.15) is 8.78 Å². The lowest BCUT2D eigenvalue weighted by atomic mass is 10.1. The zero-order valence-electron chi connectivity index (χ0n) is 15.1. The molecule has 0 fully saturated rings. The number of pyridine rings is 1. The Bertz CT molecular complexity index is 976. The first-order chi connectivity index (χ1) is 13.6. The molecule has 3 rings (SSSR count). The smallest absolute Gasteiger partial charge is 0.387 e. The van der Waals surface area contributed by atoms with Crippen LogP contribution in [-0.2, 0) is 13.1 Å². The third-order valence-corrected chi connectivity index (χ3v) is 4.33. The molecule has 0 spiro atoms. The monoisotopic (exact) mass is 404 g/mol. The number of alkyl halides is 2. The number of hydrogen-bond acceptors (Lipinski definition) is 3. The van der Waals surface area contributed by atoms with Gasteiger partial charge < -0.3 is 15.4 Å². The van der Waals surface area contributed by atoms with Crippen LogP contribution in [0.3, 0.4) is 0 Å². The SMILES string of the molecule is CN=C(NCc1cc(Cl)ccc1OC(F)F)NCc1ccnc2ccccc12. The van der Waals surface area contributed by atoms with Crippen molar-refractivity contribution in [1.29, 1.82) is 0 Å². The maximum Gasteiger partial charge on any atom is 0.387 e. The number of hydrogen-bond donors (Lipinski definition) is 2. The molecule has 28 heavy (non-hydrogen) atoms. The van der Waals surface area contributed by atoms with Gasteiger partial charge in [0, 0.05) is 42.3 Å². The van der Waals surface area contributed by atoms with E-state index in [0.717, 1.165) is 16.5 Å².